The van der Waals surface area contributed by atoms with Crippen molar-refractivity contribution in [3.8, 4) is 0 Å². The Morgan fingerprint density at radius 3 is 2.18 bits per heavy atom. The van der Waals surface area contributed by atoms with Crippen molar-refractivity contribution >= 4 is 17.9 Å². The molecule has 0 aromatic carbocycles. The minimum Gasteiger partial charge on any atom is -0.480 e. The predicted octanol–water partition coefficient (Wildman–Crippen LogP) is -0.340. The molecule has 0 aromatic heterocycles. The molecule has 0 heterocycles. The zero-order valence-electron chi connectivity index (χ0n) is 10.2. The van der Waals surface area contributed by atoms with Gasteiger partial charge in [-0.25, -0.2) is 9.59 Å². The van der Waals surface area contributed by atoms with E-state index < -0.39 is 29.4 Å². The average molecular weight is 245 g/mol. The van der Waals surface area contributed by atoms with E-state index in [4.69, 9.17) is 10.8 Å². The van der Waals surface area contributed by atoms with E-state index in [0.29, 0.717) is 0 Å². The largest absolute Gasteiger partial charge is 0.480 e. The maximum absolute atomic E-state index is 11.3. The van der Waals surface area contributed by atoms with Crippen LogP contribution in [0.15, 0.2) is 0 Å². The van der Waals surface area contributed by atoms with Gasteiger partial charge in [0.05, 0.1) is 0 Å². The number of amides is 3. The first kappa shape index (κ1) is 15.2. The summed E-state index contributed by atoms with van der Waals surface area (Å²) in [6.07, 6.45) is 0.0146. The molecule has 0 saturated carbocycles. The van der Waals surface area contributed by atoms with Gasteiger partial charge in [0.15, 0.2) is 0 Å². The molecule has 5 N–H and O–H groups in total. The number of carbonyl (C=O) groups excluding carboxylic acids is 2. The Morgan fingerprint density at radius 1 is 1.29 bits per heavy atom. The SMILES string of the molecule is CC(C)(C)[C@H](NC(=O)NCCC(N)=O)C(=O)O. The topological polar surface area (TPSA) is 122 Å². The van der Waals surface area contributed by atoms with Gasteiger partial charge in [0.25, 0.3) is 0 Å². The molecule has 0 saturated heterocycles. The third kappa shape index (κ3) is 6.39. The Bertz CT molecular complexity index is 309. The van der Waals surface area contributed by atoms with Crippen LogP contribution in [-0.4, -0.2) is 35.6 Å². The van der Waals surface area contributed by atoms with E-state index in [0.717, 1.165) is 0 Å². The monoisotopic (exact) mass is 245 g/mol. The van der Waals surface area contributed by atoms with Crippen LogP contribution in [-0.2, 0) is 9.59 Å². The summed E-state index contributed by atoms with van der Waals surface area (Å²) in [7, 11) is 0. The second-order valence-electron chi connectivity index (χ2n) is 4.75. The highest BCUT2D eigenvalue weighted by Gasteiger charge is 2.32. The fourth-order valence-corrected chi connectivity index (χ4v) is 1.13. The lowest BCUT2D eigenvalue weighted by molar-refractivity contribution is -0.141. The lowest BCUT2D eigenvalue weighted by Crippen LogP contribution is -2.52. The molecule has 0 unspecified atom stereocenters. The summed E-state index contributed by atoms with van der Waals surface area (Å²) >= 11 is 0. The number of primary amides is 1. The van der Waals surface area contributed by atoms with Crippen LogP contribution in [0.1, 0.15) is 27.2 Å². The maximum Gasteiger partial charge on any atom is 0.326 e. The second kappa shape index (κ2) is 6.07. The summed E-state index contributed by atoms with van der Waals surface area (Å²) in [5.74, 6) is -1.64. The number of carbonyl (C=O) groups is 3. The number of nitrogens with one attached hydrogen (secondary N) is 2. The molecule has 98 valence electrons. The zero-order chi connectivity index (χ0) is 13.6. The highest BCUT2D eigenvalue weighted by molar-refractivity contribution is 5.83. The summed E-state index contributed by atoms with van der Waals surface area (Å²) in [5.41, 5.74) is 4.29. The number of hydrogen-bond acceptors (Lipinski definition) is 3. The van der Waals surface area contributed by atoms with Gasteiger partial charge in [-0.15, -0.1) is 0 Å². The van der Waals surface area contributed by atoms with E-state index in [2.05, 4.69) is 10.6 Å². The van der Waals surface area contributed by atoms with E-state index in [1.165, 1.54) is 0 Å². The van der Waals surface area contributed by atoms with E-state index in [1.54, 1.807) is 20.8 Å². The number of carboxylic acid groups (broad SMARTS) is 1. The molecule has 0 aromatic rings. The molecule has 3 amide bonds. The molecule has 1 atom stereocenters. The first-order valence-corrected chi connectivity index (χ1v) is 5.20. The summed E-state index contributed by atoms with van der Waals surface area (Å²) in [4.78, 5) is 32.7. The Balaban J connectivity index is 4.24. The summed E-state index contributed by atoms with van der Waals surface area (Å²) in [5, 5.41) is 13.6. The van der Waals surface area contributed by atoms with Gasteiger partial charge < -0.3 is 21.5 Å². The van der Waals surface area contributed by atoms with Crippen LogP contribution in [0.2, 0.25) is 0 Å². The van der Waals surface area contributed by atoms with E-state index in [-0.39, 0.29) is 13.0 Å². The Morgan fingerprint density at radius 2 is 1.82 bits per heavy atom. The van der Waals surface area contributed by atoms with Gasteiger partial charge in [-0.1, -0.05) is 20.8 Å². The molecule has 7 nitrogen and oxygen atoms in total. The van der Waals surface area contributed by atoms with Gasteiger partial charge >= 0.3 is 12.0 Å². The van der Waals surface area contributed by atoms with Gasteiger partial charge in [0, 0.05) is 13.0 Å². The Labute approximate surface area is 99.7 Å². The first-order chi connectivity index (χ1) is 7.64. The standard InChI is InChI=1S/C10H19N3O4/c1-10(2,3)7(8(15)16)13-9(17)12-5-4-6(11)14/h7H,4-5H2,1-3H3,(H2,11,14)(H,15,16)(H2,12,13,17)/t7-/m1/s1. The van der Waals surface area contributed by atoms with Crippen molar-refractivity contribution in [3.63, 3.8) is 0 Å². The Hall–Kier alpha value is -1.79. The van der Waals surface area contributed by atoms with Crippen LogP contribution in [0, 0.1) is 5.41 Å². The minimum atomic E-state index is -1.11. The van der Waals surface area contributed by atoms with Crippen molar-refractivity contribution in [3.05, 3.63) is 0 Å². The molecular weight excluding hydrogens is 226 g/mol. The molecule has 0 fully saturated rings. The van der Waals surface area contributed by atoms with Gasteiger partial charge in [0.2, 0.25) is 5.91 Å². The zero-order valence-corrected chi connectivity index (χ0v) is 10.2. The summed E-state index contributed by atoms with van der Waals surface area (Å²) in [6, 6.07) is -1.63. The number of rotatable bonds is 5. The average Bonchev–Trinajstić information content (AvgIpc) is 2.11. The molecule has 0 spiro atoms. The van der Waals surface area contributed by atoms with Gasteiger partial charge in [-0.2, -0.15) is 0 Å². The molecule has 0 aliphatic carbocycles. The van der Waals surface area contributed by atoms with Crippen LogP contribution >= 0.6 is 0 Å². The van der Waals surface area contributed by atoms with Crippen molar-refractivity contribution in [2.75, 3.05) is 6.54 Å². The van der Waals surface area contributed by atoms with E-state index in [1.807, 2.05) is 0 Å². The molecule has 0 rings (SSSR count). The van der Waals surface area contributed by atoms with Crippen LogP contribution in [0.3, 0.4) is 0 Å². The quantitative estimate of drug-likeness (QED) is 0.529. The minimum absolute atomic E-state index is 0.0146. The maximum atomic E-state index is 11.3. The van der Waals surface area contributed by atoms with Crippen molar-refractivity contribution in [1.29, 1.82) is 0 Å². The fraction of sp³-hybridized carbons (Fsp3) is 0.700. The molecule has 0 aliphatic rings. The van der Waals surface area contributed by atoms with Gasteiger partial charge in [-0.3, -0.25) is 4.79 Å². The number of hydrogen-bond donors (Lipinski definition) is 4. The number of nitrogens with two attached hydrogens (primary N) is 1. The highest BCUT2D eigenvalue weighted by Crippen LogP contribution is 2.19. The lowest BCUT2D eigenvalue weighted by atomic mass is 9.87. The molecule has 7 heteroatoms. The Kier molecular flexibility index (Phi) is 5.43. The van der Waals surface area contributed by atoms with Gasteiger partial charge in [0.1, 0.15) is 6.04 Å². The normalized spacial score (nSPS) is 12.6. The van der Waals surface area contributed by atoms with Crippen LogP contribution in [0.5, 0.6) is 0 Å². The third-order valence-corrected chi connectivity index (χ3v) is 2.05. The van der Waals surface area contributed by atoms with Crippen molar-refractivity contribution in [2.45, 2.75) is 33.2 Å². The summed E-state index contributed by atoms with van der Waals surface area (Å²) in [6.45, 7) is 5.19. The summed E-state index contributed by atoms with van der Waals surface area (Å²) < 4.78 is 0. The van der Waals surface area contributed by atoms with Crippen molar-refractivity contribution < 1.29 is 19.5 Å². The fourth-order valence-electron chi connectivity index (χ4n) is 1.13. The first-order valence-electron chi connectivity index (χ1n) is 5.20. The number of carboxylic acids is 1. The number of aliphatic carboxylic acids is 1. The second-order valence-corrected chi connectivity index (χ2v) is 4.75. The van der Waals surface area contributed by atoms with Gasteiger partial charge in [-0.05, 0) is 5.41 Å². The van der Waals surface area contributed by atoms with Crippen LogP contribution in [0.4, 0.5) is 4.79 Å². The van der Waals surface area contributed by atoms with Crippen LogP contribution < -0.4 is 16.4 Å². The van der Waals surface area contributed by atoms with Crippen molar-refractivity contribution in [1.82, 2.24) is 10.6 Å². The van der Waals surface area contributed by atoms with Crippen molar-refractivity contribution in [2.24, 2.45) is 11.1 Å². The predicted molar refractivity (Wildman–Crippen MR) is 61.2 cm³/mol. The molecule has 0 aliphatic heterocycles. The third-order valence-electron chi connectivity index (χ3n) is 2.05. The smallest absolute Gasteiger partial charge is 0.326 e. The molecule has 17 heavy (non-hydrogen) atoms. The number of urea groups is 1. The lowest BCUT2D eigenvalue weighted by Gasteiger charge is -2.27. The van der Waals surface area contributed by atoms with Crippen LogP contribution in [0.25, 0.3) is 0 Å². The van der Waals surface area contributed by atoms with E-state index >= 15 is 0 Å². The molecule has 0 bridgehead atoms. The van der Waals surface area contributed by atoms with E-state index in [9.17, 15) is 14.4 Å². The molecular formula is C10H19N3O4. The molecule has 0 radical (unpaired) electrons. The highest BCUT2D eigenvalue weighted by atomic mass is 16.4.